The van der Waals surface area contributed by atoms with E-state index in [0.29, 0.717) is 50.3 Å². The summed E-state index contributed by atoms with van der Waals surface area (Å²) in [5, 5.41) is 4.81. The number of rotatable bonds is 24. The molecule has 9 aromatic heterocycles. The van der Waals surface area contributed by atoms with Gasteiger partial charge in [0.2, 0.25) is 22.5 Å². The summed E-state index contributed by atoms with van der Waals surface area (Å²) in [5.41, 5.74) is 19.9. The van der Waals surface area contributed by atoms with Gasteiger partial charge in [0.25, 0.3) is 34.4 Å². The van der Waals surface area contributed by atoms with Crippen LogP contribution in [0.5, 0.6) is 0 Å². The van der Waals surface area contributed by atoms with E-state index in [4.69, 9.17) is 44.8 Å². The number of carbonyl (C=O) groups excluding carboxylic acids is 3. The van der Waals surface area contributed by atoms with Crippen molar-refractivity contribution in [3.8, 4) is 0 Å². The lowest BCUT2D eigenvalue weighted by atomic mass is 9.99. The standard InChI is InChI=1S/C30H27F5N4O4.C29H27BrF2N4O3S.C29H28BrFN4O3S/c1-15(2)25(38(11-10-36)28(40)17-5-4-16(3)21(32)12-17)27-37-24-20-13-18(31)6-8-22(20)43-26(24)29(41)39(27)14-19-7-9-23(42-19)30(33,34)35;1-15(2)25(35(9-8-33)28(37)17-5-4-16(3)22(32)10-17)27-34-24-21-12-19(31)6-7-23(21)39-26(24)29(38)36(27)13-20-11-18(30)14-40-20;1-16(2)25(34(11-10-32)28(36)18-6-4-17(3)5-7-18)27-33-24-22-13-20(31)8-9-23(22)38-26(24)29(37)35(27)14-21-12-19(30)15-39-21/h4-9,12-13,15,25H,10-11,14,36H2,1-3H3;4-7,10-12,14-15,25H,8-9,13,33H2,1-3H3;4-9,12-13,15-16,25H,10-11,14,32H2,1-3H3/t3*25-/m111/s1. The number of fused-ring (bicyclic) bond motifs is 9. The third-order valence-corrected chi connectivity index (χ3v) is 23.9. The number of alkyl halides is 3. The van der Waals surface area contributed by atoms with Gasteiger partial charge in [0.05, 0.1) is 37.8 Å². The number of nitrogens with zero attached hydrogens (tertiary/aromatic N) is 9. The zero-order chi connectivity index (χ0) is 87.8. The van der Waals surface area contributed by atoms with Gasteiger partial charge >= 0.3 is 6.18 Å². The average molecular weight is 1840 g/mol. The largest absolute Gasteiger partial charge is 0.455 e. The summed E-state index contributed by atoms with van der Waals surface area (Å²) >= 11 is 9.91. The number of benzene rings is 6. The van der Waals surface area contributed by atoms with E-state index in [9.17, 15) is 63.9 Å². The molecule has 0 saturated carbocycles. The summed E-state index contributed by atoms with van der Waals surface area (Å²) < 4.78 is 140. The van der Waals surface area contributed by atoms with Crippen LogP contribution in [0.15, 0.2) is 191 Å². The zero-order valence-corrected chi connectivity index (χ0v) is 72.0. The minimum atomic E-state index is -4.76. The third kappa shape index (κ3) is 18.4. The fourth-order valence-electron chi connectivity index (χ4n) is 14.8. The van der Waals surface area contributed by atoms with Gasteiger partial charge in [0.15, 0.2) is 0 Å². The molecular weight excluding hydrogens is 1760 g/mol. The van der Waals surface area contributed by atoms with Crippen molar-refractivity contribution in [3.05, 3.63) is 292 Å². The highest BCUT2D eigenvalue weighted by Crippen LogP contribution is 2.40. The molecule has 0 spiro atoms. The van der Waals surface area contributed by atoms with Gasteiger partial charge in [-0.3, -0.25) is 42.5 Å². The number of halogens is 10. The minimum Gasteiger partial charge on any atom is -0.455 e. The average Bonchev–Trinajstić information content (AvgIpc) is 1.53. The van der Waals surface area contributed by atoms with Crippen molar-refractivity contribution >= 4 is 138 Å². The lowest BCUT2D eigenvalue weighted by Gasteiger charge is -2.35. The highest BCUT2D eigenvalue weighted by molar-refractivity contribution is 9.10. The van der Waals surface area contributed by atoms with E-state index in [1.54, 1.807) is 61.4 Å². The van der Waals surface area contributed by atoms with E-state index in [-0.39, 0.29) is 137 Å². The molecule has 3 amide bonds. The van der Waals surface area contributed by atoms with Crippen molar-refractivity contribution in [1.29, 1.82) is 0 Å². The molecule has 6 aromatic carbocycles. The number of aryl methyl sites for hydroxylation is 3. The van der Waals surface area contributed by atoms with E-state index < -0.39 is 100 Å². The number of hydrogen-bond donors (Lipinski definition) is 3. The van der Waals surface area contributed by atoms with Gasteiger partial charge in [-0.25, -0.2) is 36.9 Å². The predicted octanol–water partition coefficient (Wildman–Crippen LogP) is 18.8. The molecule has 0 aliphatic heterocycles. The molecule has 0 bridgehead atoms. The van der Waals surface area contributed by atoms with Crippen LogP contribution >= 0.6 is 54.5 Å². The Balaban J connectivity index is 0.000000158. The third-order valence-electron chi connectivity index (χ3n) is 20.5. The summed E-state index contributed by atoms with van der Waals surface area (Å²) in [7, 11) is 0. The first-order chi connectivity index (χ1) is 58.0. The van der Waals surface area contributed by atoms with E-state index in [2.05, 4.69) is 36.8 Å². The lowest BCUT2D eigenvalue weighted by Crippen LogP contribution is -2.43. The van der Waals surface area contributed by atoms with Gasteiger partial charge in [0, 0.05) is 102 Å². The Labute approximate surface area is 716 Å². The van der Waals surface area contributed by atoms with Crippen molar-refractivity contribution in [2.24, 2.45) is 35.0 Å². The maximum absolute atomic E-state index is 14.5. The van der Waals surface area contributed by atoms with Crippen LogP contribution in [-0.4, -0.2) is 100 Å². The maximum Gasteiger partial charge on any atom is 0.449 e. The van der Waals surface area contributed by atoms with E-state index in [0.717, 1.165) is 59.2 Å². The summed E-state index contributed by atoms with van der Waals surface area (Å²) in [6.07, 6.45) is -4.76. The number of hydrogen-bond acceptors (Lipinski definition) is 18. The van der Waals surface area contributed by atoms with Crippen LogP contribution in [0.25, 0.3) is 66.2 Å². The number of thiophene rings is 2. The van der Waals surface area contributed by atoms with Crippen molar-refractivity contribution in [1.82, 2.24) is 43.4 Å². The Bertz CT molecular complexity index is 6670. The maximum atomic E-state index is 14.5. The summed E-state index contributed by atoms with van der Waals surface area (Å²) in [6.45, 7) is 17.0. The molecule has 34 heteroatoms. The molecule has 6 N–H and O–H groups in total. The van der Waals surface area contributed by atoms with E-state index in [1.165, 1.54) is 97.7 Å². The van der Waals surface area contributed by atoms with E-state index in [1.807, 2.05) is 69.6 Å². The first-order valence-corrected chi connectivity index (χ1v) is 42.0. The molecule has 15 aromatic rings. The number of furan rings is 4. The molecule has 0 aliphatic rings. The van der Waals surface area contributed by atoms with Gasteiger partial charge < -0.3 is 49.6 Å². The SMILES string of the molecule is Cc1ccc(C(=O)N(CCN)[C@@H](c2nc3c(oc4ccc(F)cc43)c(=O)n2Cc2cc(Br)cs2)C(C)C)cc1.Cc1ccc(C(=O)N(CCN)[C@@H](c2nc3c(oc4ccc(F)cc43)c(=O)n2Cc2cc(Br)cs2)C(C)C)cc1F.Cc1ccc(C(=O)N(CCN)[C@@H](c2nc3c(oc4ccc(F)cc43)c(=O)n2Cc2ccc(C(F)(F)F)o2)C(C)C)cc1F. The Morgan fingerprint density at radius 2 is 0.779 bits per heavy atom. The Hall–Kier alpha value is -11.3. The molecule has 0 unspecified atom stereocenters. The van der Waals surface area contributed by atoms with Crippen LogP contribution in [0.3, 0.4) is 0 Å². The van der Waals surface area contributed by atoms with Crippen molar-refractivity contribution in [2.75, 3.05) is 39.3 Å². The molecule has 0 aliphatic carbocycles. The number of carbonyl (C=O) groups is 3. The molecule has 3 atom stereocenters. The van der Waals surface area contributed by atoms with Gasteiger partial charge in [-0.1, -0.05) is 71.4 Å². The molecule has 22 nitrogen and oxygen atoms in total. The smallest absolute Gasteiger partial charge is 0.449 e. The predicted molar refractivity (Wildman–Crippen MR) is 459 cm³/mol. The highest BCUT2D eigenvalue weighted by atomic mass is 79.9. The number of aromatic nitrogens is 6. The first kappa shape index (κ1) is 88.5. The summed E-state index contributed by atoms with van der Waals surface area (Å²) in [5.74, 6) is -5.51. The Kier molecular flexibility index (Phi) is 26.7. The molecule has 0 fully saturated rings. The van der Waals surface area contributed by atoms with Crippen molar-refractivity contribution in [3.63, 3.8) is 0 Å². The second-order valence-corrected chi connectivity index (χ2v) is 34.1. The first-order valence-electron chi connectivity index (χ1n) is 38.7. The monoisotopic (exact) mass is 1840 g/mol. The number of nitrogens with two attached hydrogens (primary N) is 3. The molecule has 0 radical (unpaired) electrons. The van der Waals surface area contributed by atoms with Gasteiger partial charge in [0.1, 0.15) is 85.6 Å². The molecular formula is C88H82Br2F8N12O10S2. The molecule has 9 heterocycles. The van der Waals surface area contributed by atoms with Crippen LogP contribution in [0.4, 0.5) is 35.1 Å². The van der Waals surface area contributed by atoms with Crippen LogP contribution in [0.2, 0.25) is 0 Å². The summed E-state index contributed by atoms with van der Waals surface area (Å²) in [4.78, 5) is 104. The van der Waals surface area contributed by atoms with Gasteiger partial charge in [-0.05, 0) is 197 Å². The van der Waals surface area contributed by atoms with Crippen LogP contribution in [0.1, 0.15) is 146 Å². The highest BCUT2D eigenvalue weighted by Gasteiger charge is 2.40. The normalized spacial score (nSPS) is 12.6. The van der Waals surface area contributed by atoms with Crippen molar-refractivity contribution < 1.29 is 67.2 Å². The van der Waals surface area contributed by atoms with Gasteiger partial charge in [-0.2, -0.15) is 13.2 Å². The topological polar surface area (TPSA) is 296 Å². The lowest BCUT2D eigenvalue weighted by molar-refractivity contribution is -0.153. The second-order valence-electron chi connectivity index (χ2n) is 30.3. The quantitative estimate of drug-likeness (QED) is 0.0474. The summed E-state index contributed by atoms with van der Waals surface area (Å²) in [6, 6.07) is 30.8. The molecule has 0 saturated heterocycles. The van der Waals surface area contributed by atoms with Crippen LogP contribution in [0, 0.1) is 67.6 Å². The minimum absolute atomic E-state index is 0.000199. The van der Waals surface area contributed by atoms with Crippen LogP contribution in [-0.2, 0) is 25.8 Å². The molecule has 15 rings (SSSR count). The fourth-order valence-corrected chi connectivity index (χ4v) is 17.7. The van der Waals surface area contributed by atoms with Gasteiger partial charge in [-0.15, -0.1) is 22.7 Å². The molecule has 122 heavy (non-hydrogen) atoms. The van der Waals surface area contributed by atoms with E-state index >= 15 is 0 Å². The second kappa shape index (κ2) is 36.8. The Morgan fingerprint density at radius 3 is 1.08 bits per heavy atom. The Morgan fingerprint density at radius 1 is 0.443 bits per heavy atom. The van der Waals surface area contributed by atoms with Crippen molar-refractivity contribution in [2.45, 2.75) is 106 Å². The fraction of sp³-hybridized carbons (Fsp3) is 0.284. The zero-order valence-electron chi connectivity index (χ0n) is 67.2. The van der Waals surface area contributed by atoms with Crippen LogP contribution < -0.4 is 33.9 Å². The molecule has 636 valence electrons. The number of amides is 3.